The van der Waals surface area contributed by atoms with Crippen LogP contribution in [0.2, 0.25) is 0 Å². The number of anilines is 2. The molecule has 1 aliphatic rings. The van der Waals surface area contributed by atoms with Crippen LogP contribution in [0.15, 0.2) is 6.33 Å². The zero-order valence-corrected chi connectivity index (χ0v) is 11.2. The number of carbonyl (C=O) groups is 1. The van der Waals surface area contributed by atoms with Crippen molar-refractivity contribution in [3.8, 4) is 5.75 Å². The zero-order chi connectivity index (χ0) is 13.8. The lowest BCUT2D eigenvalue weighted by Crippen LogP contribution is -2.40. The molecular weight excluding hydrogens is 246 g/mol. The van der Waals surface area contributed by atoms with Crippen molar-refractivity contribution in [3.63, 3.8) is 0 Å². The topological polar surface area (TPSA) is 93.4 Å². The fourth-order valence-corrected chi connectivity index (χ4v) is 2.36. The van der Waals surface area contributed by atoms with E-state index in [1.54, 1.807) is 14.2 Å². The van der Waals surface area contributed by atoms with Crippen molar-refractivity contribution in [3.05, 3.63) is 6.33 Å². The van der Waals surface area contributed by atoms with Crippen LogP contribution in [0.5, 0.6) is 5.75 Å². The molecule has 0 saturated carbocycles. The van der Waals surface area contributed by atoms with Crippen LogP contribution < -0.4 is 20.7 Å². The van der Waals surface area contributed by atoms with E-state index in [4.69, 9.17) is 10.5 Å². The Morgan fingerprint density at radius 2 is 2.16 bits per heavy atom. The van der Waals surface area contributed by atoms with Crippen molar-refractivity contribution in [1.82, 2.24) is 15.3 Å². The number of ether oxygens (including phenoxy) is 1. The molecule has 1 fully saturated rings. The third kappa shape index (κ3) is 2.69. The van der Waals surface area contributed by atoms with E-state index in [9.17, 15) is 4.79 Å². The van der Waals surface area contributed by atoms with Crippen LogP contribution in [0, 0.1) is 5.92 Å². The predicted octanol–water partition coefficient (Wildman–Crippen LogP) is 0.0298. The van der Waals surface area contributed by atoms with E-state index in [0.717, 1.165) is 25.9 Å². The molecule has 2 rings (SSSR count). The Kier molecular flexibility index (Phi) is 4.03. The first-order valence-corrected chi connectivity index (χ1v) is 6.28. The summed E-state index contributed by atoms with van der Waals surface area (Å²) < 4.78 is 5.25. The Morgan fingerprint density at radius 1 is 1.47 bits per heavy atom. The number of hydrogen-bond donors (Lipinski definition) is 2. The van der Waals surface area contributed by atoms with E-state index in [2.05, 4.69) is 20.2 Å². The molecule has 0 spiro atoms. The lowest BCUT2D eigenvalue weighted by molar-refractivity contribution is -0.125. The van der Waals surface area contributed by atoms with Gasteiger partial charge >= 0.3 is 0 Å². The van der Waals surface area contributed by atoms with Crippen LogP contribution in [0.4, 0.5) is 11.6 Å². The van der Waals surface area contributed by atoms with Crippen molar-refractivity contribution in [1.29, 1.82) is 0 Å². The normalized spacial score (nSPS) is 16.2. The molecule has 0 radical (unpaired) electrons. The zero-order valence-electron chi connectivity index (χ0n) is 11.2. The fraction of sp³-hybridized carbons (Fsp3) is 0.583. The molecule has 2 heterocycles. The van der Waals surface area contributed by atoms with Gasteiger partial charge in [0.2, 0.25) is 11.7 Å². The number of amides is 1. The van der Waals surface area contributed by atoms with Crippen molar-refractivity contribution >= 4 is 17.5 Å². The van der Waals surface area contributed by atoms with E-state index >= 15 is 0 Å². The highest BCUT2D eigenvalue weighted by atomic mass is 16.5. The quantitative estimate of drug-likeness (QED) is 0.801. The van der Waals surface area contributed by atoms with Gasteiger partial charge in [-0.25, -0.2) is 9.97 Å². The van der Waals surface area contributed by atoms with Gasteiger partial charge in [0.05, 0.1) is 7.11 Å². The molecule has 1 aliphatic heterocycles. The minimum atomic E-state index is 0.0754. The Morgan fingerprint density at radius 3 is 2.74 bits per heavy atom. The highest BCUT2D eigenvalue weighted by molar-refractivity contribution is 5.78. The molecule has 19 heavy (non-hydrogen) atoms. The summed E-state index contributed by atoms with van der Waals surface area (Å²) in [5.74, 6) is 1.72. The summed E-state index contributed by atoms with van der Waals surface area (Å²) >= 11 is 0. The summed E-state index contributed by atoms with van der Waals surface area (Å²) in [7, 11) is 3.22. The number of nitrogens with one attached hydrogen (secondary N) is 1. The largest absolute Gasteiger partial charge is 0.490 e. The van der Waals surface area contributed by atoms with E-state index in [1.807, 2.05) is 0 Å². The molecule has 1 aromatic heterocycles. The second kappa shape index (κ2) is 5.73. The third-order valence-corrected chi connectivity index (χ3v) is 3.43. The molecule has 7 heteroatoms. The molecule has 1 saturated heterocycles. The number of nitrogen functional groups attached to an aromatic ring is 1. The molecule has 0 bridgehead atoms. The molecule has 1 amide bonds. The number of aromatic nitrogens is 2. The maximum absolute atomic E-state index is 11.6. The molecule has 1 aromatic rings. The second-order valence-corrected chi connectivity index (χ2v) is 4.49. The highest BCUT2D eigenvalue weighted by Gasteiger charge is 2.26. The Bertz CT molecular complexity index is 457. The lowest BCUT2D eigenvalue weighted by atomic mass is 9.96. The van der Waals surface area contributed by atoms with Gasteiger partial charge in [-0.05, 0) is 12.8 Å². The number of hydrogen-bond acceptors (Lipinski definition) is 6. The maximum Gasteiger partial charge on any atom is 0.222 e. The van der Waals surface area contributed by atoms with E-state index in [-0.39, 0.29) is 11.8 Å². The van der Waals surface area contributed by atoms with Crippen molar-refractivity contribution in [2.24, 2.45) is 5.92 Å². The minimum absolute atomic E-state index is 0.0754. The summed E-state index contributed by atoms with van der Waals surface area (Å²) in [6.07, 6.45) is 3.03. The van der Waals surface area contributed by atoms with Crippen LogP contribution in [-0.4, -0.2) is 43.1 Å². The van der Waals surface area contributed by atoms with Crippen LogP contribution in [0.25, 0.3) is 0 Å². The van der Waals surface area contributed by atoms with Gasteiger partial charge in [0.25, 0.3) is 0 Å². The Hall–Kier alpha value is -2.05. The summed E-state index contributed by atoms with van der Waals surface area (Å²) in [4.78, 5) is 21.8. The molecular formula is C12H19N5O2. The minimum Gasteiger partial charge on any atom is -0.490 e. The molecule has 0 unspecified atom stereocenters. The first-order valence-electron chi connectivity index (χ1n) is 6.28. The number of piperidine rings is 1. The Labute approximate surface area is 112 Å². The SMILES string of the molecule is CNC(=O)C1CCN(c2ncnc(N)c2OC)CC1. The first kappa shape index (κ1) is 13.4. The van der Waals surface area contributed by atoms with Crippen LogP contribution >= 0.6 is 0 Å². The molecule has 0 atom stereocenters. The standard InChI is InChI=1S/C12H19N5O2/c1-14-12(18)8-3-5-17(6-4-8)11-9(19-2)10(13)15-7-16-11/h7-8H,3-6H2,1-2H3,(H,14,18)(H2,13,15,16). The average molecular weight is 265 g/mol. The molecule has 0 aliphatic carbocycles. The smallest absolute Gasteiger partial charge is 0.222 e. The van der Waals surface area contributed by atoms with Gasteiger partial charge in [-0.1, -0.05) is 0 Å². The number of methoxy groups -OCH3 is 1. The van der Waals surface area contributed by atoms with Crippen LogP contribution in [0.3, 0.4) is 0 Å². The van der Waals surface area contributed by atoms with Crippen molar-refractivity contribution < 1.29 is 9.53 Å². The van der Waals surface area contributed by atoms with Gasteiger partial charge in [-0.2, -0.15) is 0 Å². The van der Waals surface area contributed by atoms with E-state index < -0.39 is 0 Å². The summed E-state index contributed by atoms with van der Waals surface area (Å²) in [6.45, 7) is 1.51. The molecule has 0 aromatic carbocycles. The van der Waals surface area contributed by atoms with Gasteiger partial charge in [0, 0.05) is 26.1 Å². The summed E-state index contributed by atoms with van der Waals surface area (Å²) in [5.41, 5.74) is 5.77. The van der Waals surface area contributed by atoms with E-state index in [0.29, 0.717) is 17.4 Å². The number of nitrogens with zero attached hydrogens (tertiary/aromatic N) is 3. The van der Waals surface area contributed by atoms with Gasteiger partial charge in [0.15, 0.2) is 11.6 Å². The van der Waals surface area contributed by atoms with Crippen LogP contribution in [0.1, 0.15) is 12.8 Å². The Balaban J connectivity index is 2.10. The monoisotopic (exact) mass is 265 g/mol. The van der Waals surface area contributed by atoms with Gasteiger partial charge in [-0.15, -0.1) is 0 Å². The number of carbonyl (C=O) groups excluding carboxylic acids is 1. The third-order valence-electron chi connectivity index (χ3n) is 3.43. The predicted molar refractivity (Wildman–Crippen MR) is 72.0 cm³/mol. The lowest BCUT2D eigenvalue weighted by Gasteiger charge is -2.32. The second-order valence-electron chi connectivity index (χ2n) is 4.49. The number of nitrogens with two attached hydrogens (primary N) is 1. The highest BCUT2D eigenvalue weighted by Crippen LogP contribution is 2.32. The maximum atomic E-state index is 11.6. The van der Waals surface area contributed by atoms with E-state index in [1.165, 1.54) is 6.33 Å². The van der Waals surface area contributed by atoms with Gasteiger partial charge < -0.3 is 20.7 Å². The van der Waals surface area contributed by atoms with Crippen molar-refractivity contribution in [2.75, 3.05) is 37.9 Å². The molecule has 7 nitrogen and oxygen atoms in total. The fourth-order valence-electron chi connectivity index (χ4n) is 2.36. The molecule has 3 N–H and O–H groups in total. The molecule has 104 valence electrons. The average Bonchev–Trinajstić information content (AvgIpc) is 2.46. The van der Waals surface area contributed by atoms with Gasteiger partial charge in [0.1, 0.15) is 6.33 Å². The van der Waals surface area contributed by atoms with Crippen molar-refractivity contribution in [2.45, 2.75) is 12.8 Å². The summed E-state index contributed by atoms with van der Waals surface area (Å²) in [5, 5.41) is 2.69. The van der Waals surface area contributed by atoms with Crippen LogP contribution in [-0.2, 0) is 4.79 Å². The first-order chi connectivity index (χ1) is 9.17. The number of rotatable bonds is 3. The summed E-state index contributed by atoms with van der Waals surface area (Å²) in [6, 6.07) is 0. The van der Waals surface area contributed by atoms with Gasteiger partial charge in [-0.3, -0.25) is 4.79 Å².